The van der Waals surface area contributed by atoms with E-state index in [-0.39, 0.29) is 17.0 Å². The van der Waals surface area contributed by atoms with Gasteiger partial charge >= 0.3 is 0 Å². The van der Waals surface area contributed by atoms with E-state index < -0.39 is 0 Å². The highest BCUT2D eigenvalue weighted by atomic mass is 35.5. The first kappa shape index (κ1) is 15.3. The van der Waals surface area contributed by atoms with E-state index in [1.54, 1.807) is 18.2 Å². The molecule has 0 N–H and O–H groups in total. The van der Waals surface area contributed by atoms with Crippen molar-refractivity contribution in [1.29, 1.82) is 0 Å². The van der Waals surface area contributed by atoms with Crippen LogP contribution in [0.25, 0.3) is 11.0 Å². The Morgan fingerprint density at radius 3 is 2.73 bits per heavy atom. The third kappa shape index (κ3) is 3.41. The lowest BCUT2D eigenvalue weighted by atomic mass is 9.85. The molecular formula is C18H19ClO3. The quantitative estimate of drug-likeness (QED) is 0.746. The number of carbonyl (C=O) groups excluding carboxylic acids is 1. The standard InChI is InChI=1S/C18H19ClO3/c19-13-7-8-14-16(21)11-18(22-17(14)10-13)15(20)9-6-12-4-2-1-3-5-12/h7-8,10-12H,1-6,9H2. The van der Waals surface area contributed by atoms with Crippen LogP contribution < -0.4 is 5.43 Å². The summed E-state index contributed by atoms with van der Waals surface area (Å²) < 4.78 is 5.59. The second-order valence-corrected chi connectivity index (χ2v) is 6.52. The summed E-state index contributed by atoms with van der Waals surface area (Å²) in [6.45, 7) is 0. The van der Waals surface area contributed by atoms with E-state index in [4.69, 9.17) is 16.0 Å². The van der Waals surface area contributed by atoms with Gasteiger partial charge in [0.1, 0.15) is 5.58 Å². The van der Waals surface area contributed by atoms with E-state index in [2.05, 4.69) is 0 Å². The van der Waals surface area contributed by atoms with Gasteiger partial charge in [-0.1, -0.05) is 43.7 Å². The summed E-state index contributed by atoms with van der Waals surface area (Å²) >= 11 is 5.92. The Labute approximate surface area is 134 Å². The molecule has 3 nitrogen and oxygen atoms in total. The van der Waals surface area contributed by atoms with Crippen LogP contribution in [0.2, 0.25) is 5.02 Å². The molecule has 0 saturated heterocycles. The number of ketones is 1. The van der Waals surface area contributed by atoms with Crippen LogP contribution in [0.15, 0.2) is 33.5 Å². The maximum atomic E-state index is 12.3. The highest BCUT2D eigenvalue weighted by Crippen LogP contribution is 2.28. The van der Waals surface area contributed by atoms with E-state index in [9.17, 15) is 9.59 Å². The minimum absolute atomic E-state index is 0.0930. The summed E-state index contributed by atoms with van der Waals surface area (Å²) in [6, 6.07) is 6.15. The van der Waals surface area contributed by atoms with Gasteiger partial charge in [-0.25, -0.2) is 0 Å². The summed E-state index contributed by atoms with van der Waals surface area (Å²) in [7, 11) is 0. The predicted molar refractivity (Wildman–Crippen MR) is 87.6 cm³/mol. The third-order valence-corrected chi connectivity index (χ3v) is 4.71. The fraction of sp³-hybridized carbons (Fsp3) is 0.444. The van der Waals surface area contributed by atoms with E-state index in [1.165, 1.54) is 38.2 Å². The van der Waals surface area contributed by atoms with Gasteiger partial charge in [-0.2, -0.15) is 0 Å². The van der Waals surface area contributed by atoms with Crippen molar-refractivity contribution in [2.75, 3.05) is 0 Å². The first-order chi connectivity index (χ1) is 10.6. The molecule has 22 heavy (non-hydrogen) atoms. The summed E-state index contributed by atoms with van der Waals surface area (Å²) in [6.07, 6.45) is 7.60. The van der Waals surface area contributed by atoms with Gasteiger partial charge in [-0.05, 0) is 24.5 Å². The number of hydrogen-bond acceptors (Lipinski definition) is 3. The molecule has 1 heterocycles. The highest BCUT2D eigenvalue weighted by Gasteiger charge is 2.17. The Morgan fingerprint density at radius 2 is 1.95 bits per heavy atom. The van der Waals surface area contributed by atoms with Crippen LogP contribution in [0.4, 0.5) is 0 Å². The van der Waals surface area contributed by atoms with Gasteiger partial charge in [0.2, 0.25) is 0 Å². The third-order valence-electron chi connectivity index (χ3n) is 4.47. The fourth-order valence-corrected chi connectivity index (χ4v) is 3.36. The second-order valence-electron chi connectivity index (χ2n) is 6.08. The highest BCUT2D eigenvalue weighted by molar-refractivity contribution is 6.31. The van der Waals surface area contributed by atoms with Gasteiger partial charge in [0, 0.05) is 23.6 Å². The maximum Gasteiger partial charge on any atom is 0.198 e. The number of benzene rings is 1. The zero-order valence-corrected chi connectivity index (χ0v) is 13.2. The number of halogens is 1. The Bertz CT molecular complexity index is 742. The van der Waals surface area contributed by atoms with Crippen LogP contribution in [-0.2, 0) is 0 Å². The molecular weight excluding hydrogens is 300 g/mol. The average Bonchev–Trinajstić information content (AvgIpc) is 2.53. The Hall–Kier alpha value is -1.61. The Kier molecular flexibility index (Phi) is 4.63. The van der Waals surface area contributed by atoms with E-state index in [0.29, 0.717) is 28.3 Å². The molecule has 2 aromatic rings. The summed E-state index contributed by atoms with van der Waals surface area (Å²) in [5, 5.41) is 0.940. The molecule has 0 spiro atoms. The lowest BCUT2D eigenvalue weighted by Crippen LogP contribution is -2.11. The molecule has 0 radical (unpaired) electrons. The van der Waals surface area contributed by atoms with E-state index in [0.717, 1.165) is 6.42 Å². The number of carbonyl (C=O) groups is 1. The molecule has 0 bridgehead atoms. The van der Waals surface area contributed by atoms with Gasteiger partial charge in [0.05, 0.1) is 5.39 Å². The van der Waals surface area contributed by atoms with Gasteiger partial charge in [-0.3, -0.25) is 9.59 Å². The Balaban J connectivity index is 1.77. The molecule has 1 fully saturated rings. The topological polar surface area (TPSA) is 47.3 Å². The molecule has 0 unspecified atom stereocenters. The molecule has 0 atom stereocenters. The van der Waals surface area contributed by atoms with E-state index in [1.807, 2.05) is 0 Å². The van der Waals surface area contributed by atoms with Crippen LogP contribution >= 0.6 is 11.6 Å². The van der Waals surface area contributed by atoms with E-state index >= 15 is 0 Å². The summed E-state index contributed by atoms with van der Waals surface area (Å²) in [5.41, 5.74) is 0.181. The monoisotopic (exact) mass is 318 g/mol. The lowest BCUT2D eigenvalue weighted by Gasteiger charge is -2.20. The number of hydrogen-bond donors (Lipinski definition) is 0. The molecule has 1 aliphatic rings. The van der Waals surface area contributed by atoms with Crippen LogP contribution in [0.1, 0.15) is 55.5 Å². The minimum atomic E-state index is -0.195. The molecule has 116 valence electrons. The summed E-state index contributed by atoms with van der Waals surface area (Å²) in [5.74, 6) is 0.694. The molecule has 0 amide bonds. The van der Waals surface area contributed by atoms with Crippen molar-refractivity contribution in [3.05, 3.63) is 45.3 Å². The SMILES string of the molecule is O=C(CCC1CCCCC1)c1cc(=O)c2ccc(Cl)cc2o1. The molecule has 3 rings (SSSR count). The van der Waals surface area contributed by atoms with Crippen molar-refractivity contribution >= 4 is 28.4 Å². The molecule has 0 aliphatic heterocycles. The molecule has 1 aliphatic carbocycles. The minimum Gasteiger partial charge on any atom is -0.453 e. The van der Waals surface area contributed by atoms with Crippen LogP contribution in [-0.4, -0.2) is 5.78 Å². The van der Waals surface area contributed by atoms with Crippen LogP contribution in [0, 0.1) is 5.92 Å². The number of Topliss-reactive ketones (excluding diaryl/α,β-unsaturated/α-hetero) is 1. The van der Waals surface area contributed by atoms with Crippen molar-refractivity contribution in [1.82, 2.24) is 0 Å². The molecule has 1 aromatic carbocycles. The van der Waals surface area contributed by atoms with Crippen molar-refractivity contribution in [3.8, 4) is 0 Å². The molecule has 4 heteroatoms. The van der Waals surface area contributed by atoms with Gasteiger partial charge in [0.25, 0.3) is 0 Å². The molecule has 1 aromatic heterocycles. The zero-order valence-electron chi connectivity index (χ0n) is 12.4. The number of fused-ring (bicyclic) bond motifs is 1. The Morgan fingerprint density at radius 1 is 1.18 bits per heavy atom. The number of rotatable bonds is 4. The molecule has 1 saturated carbocycles. The van der Waals surface area contributed by atoms with Crippen molar-refractivity contribution in [2.45, 2.75) is 44.9 Å². The average molecular weight is 319 g/mol. The lowest BCUT2D eigenvalue weighted by molar-refractivity contribution is 0.0943. The van der Waals surface area contributed by atoms with Crippen molar-refractivity contribution in [2.24, 2.45) is 5.92 Å². The second kappa shape index (κ2) is 6.66. The predicted octanol–water partition coefficient (Wildman–Crippen LogP) is 4.99. The fourth-order valence-electron chi connectivity index (χ4n) is 3.20. The first-order valence-corrected chi connectivity index (χ1v) is 8.28. The van der Waals surface area contributed by atoms with Crippen molar-refractivity contribution < 1.29 is 9.21 Å². The van der Waals surface area contributed by atoms with Gasteiger partial charge in [0.15, 0.2) is 17.0 Å². The normalized spacial score (nSPS) is 16.0. The summed E-state index contributed by atoms with van der Waals surface area (Å²) in [4.78, 5) is 24.4. The first-order valence-electron chi connectivity index (χ1n) is 7.90. The van der Waals surface area contributed by atoms with Gasteiger partial charge < -0.3 is 4.42 Å². The van der Waals surface area contributed by atoms with Crippen LogP contribution in [0.5, 0.6) is 0 Å². The maximum absolute atomic E-state index is 12.3. The van der Waals surface area contributed by atoms with Crippen molar-refractivity contribution in [3.63, 3.8) is 0 Å². The largest absolute Gasteiger partial charge is 0.453 e. The smallest absolute Gasteiger partial charge is 0.198 e. The van der Waals surface area contributed by atoms with Crippen LogP contribution in [0.3, 0.4) is 0 Å². The van der Waals surface area contributed by atoms with Gasteiger partial charge in [-0.15, -0.1) is 0 Å². The zero-order chi connectivity index (χ0) is 15.5.